The van der Waals surface area contributed by atoms with E-state index < -0.39 is 5.41 Å². The zero-order valence-corrected chi connectivity index (χ0v) is 9.93. The number of carbonyl (C=O) groups is 2. The van der Waals surface area contributed by atoms with Crippen LogP contribution in [0.25, 0.3) is 0 Å². The minimum atomic E-state index is -0.645. The molecule has 0 N–H and O–H groups in total. The van der Waals surface area contributed by atoms with Crippen molar-refractivity contribution in [2.24, 2.45) is 10.8 Å². The molecule has 3 nitrogen and oxygen atoms in total. The summed E-state index contributed by atoms with van der Waals surface area (Å²) in [6.45, 7) is 8.97. The van der Waals surface area contributed by atoms with E-state index in [2.05, 4.69) is 0 Å². The van der Waals surface area contributed by atoms with Crippen molar-refractivity contribution in [1.29, 1.82) is 0 Å². The third-order valence-corrected chi connectivity index (χ3v) is 3.08. The van der Waals surface area contributed by atoms with Crippen molar-refractivity contribution in [2.45, 2.75) is 41.0 Å². The molecule has 0 aromatic carbocycles. The van der Waals surface area contributed by atoms with Crippen molar-refractivity contribution in [1.82, 2.24) is 0 Å². The molecule has 14 heavy (non-hydrogen) atoms. The molecule has 0 aliphatic heterocycles. The maximum atomic E-state index is 11.5. The summed E-state index contributed by atoms with van der Waals surface area (Å²) in [6, 6.07) is 0. The Labute approximate surface area is 85.8 Å². The number of hydrogen-bond acceptors (Lipinski definition) is 3. The number of hydrogen-bond donors (Lipinski definition) is 0. The van der Waals surface area contributed by atoms with E-state index in [1.165, 1.54) is 14.0 Å². The molecule has 3 heteroatoms. The molecule has 0 aliphatic rings. The Hall–Kier alpha value is -0.860. The Morgan fingerprint density at radius 2 is 1.57 bits per heavy atom. The van der Waals surface area contributed by atoms with Gasteiger partial charge in [0.05, 0.1) is 12.5 Å². The maximum Gasteiger partial charge on any atom is 0.311 e. The lowest BCUT2D eigenvalue weighted by molar-refractivity contribution is -0.158. The fourth-order valence-corrected chi connectivity index (χ4v) is 1.37. The van der Waals surface area contributed by atoms with Gasteiger partial charge in [-0.25, -0.2) is 0 Å². The lowest BCUT2D eigenvalue weighted by Gasteiger charge is -2.38. The third-order valence-electron chi connectivity index (χ3n) is 3.08. The highest BCUT2D eigenvalue weighted by Crippen LogP contribution is 2.42. The van der Waals surface area contributed by atoms with Crippen LogP contribution in [0.1, 0.15) is 41.0 Å². The van der Waals surface area contributed by atoms with Gasteiger partial charge in [-0.2, -0.15) is 0 Å². The van der Waals surface area contributed by atoms with Crippen LogP contribution in [0.15, 0.2) is 0 Å². The van der Waals surface area contributed by atoms with Gasteiger partial charge in [-0.15, -0.1) is 0 Å². The van der Waals surface area contributed by atoms with Crippen molar-refractivity contribution >= 4 is 11.8 Å². The summed E-state index contributed by atoms with van der Waals surface area (Å²) < 4.78 is 4.73. The number of ether oxygens (including phenoxy) is 1. The number of carbonyl (C=O) groups excluding carboxylic acids is 2. The highest BCUT2D eigenvalue weighted by Gasteiger charge is 2.44. The predicted octanol–water partition coefficient (Wildman–Crippen LogP) is 2.19. The summed E-state index contributed by atoms with van der Waals surface area (Å²) in [5.41, 5.74) is -1.03. The smallest absolute Gasteiger partial charge is 0.311 e. The first kappa shape index (κ1) is 13.1. The van der Waals surface area contributed by atoms with Crippen LogP contribution in [0.5, 0.6) is 0 Å². The van der Waals surface area contributed by atoms with Crippen molar-refractivity contribution in [3.8, 4) is 0 Å². The second kappa shape index (κ2) is 4.11. The van der Waals surface area contributed by atoms with Crippen molar-refractivity contribution < 1.29 is 14.3 Å². The summed E-state index contributed by atoms with van der Waals surface area (Å²) in [4.78, 5) is 22.6. The van der Waals surface area contributed by atoms with E-state index in [9.17, 15) is 9.59 Å². The first-order valence-electron chi connectivity index (χ1n) is 4.73. The molecule has 0 rings (SSSR count). The summed E-state index contributed by atoms with van der Waals surface area (Å²) in [6.07, 6.45) is 0.384. The molecule has 0 aromatic heterocycles. The highest BCUT2D eigenvalue weighted by molar-refractivity contribution is 5.80. The molecule has 0 heterocycles. The number of rotatable bonds is 4. The van der Waals surface area contributed by atoms with Crippen LogP contribution in [0.3, 0.4) is 0 Å². The van der Waals surface area contributed by atoms with Crippen LogP contribution in [-0.2, 0) is 14.3 Å². The zero-order valence-electron chi connectivity index (χ0n) is 9.93. The summed E-state index contributed by atoms with van der Waals surface area (Å²) in [5.74, 6) is -0.185. The number of ketones is 1. The van der Waals surface area contributed by atoms with E-state index in [0.29, 0.717) is 6.42 Å². The number of methoxy groups -OCH3 is 1. The molecule has 0 unspecified atom stereocenters. The van der Waals surface area contributed by atoms with E-state index in [0.717, 1.165) is 0 Å². The minimum Gasteiger partial charge on any atom is -0.469 e. The Morgan fingerprint density at radius 1 is 1.14 bits per heavy atom. The van der Waals surface area contributed by atoms with Crippen LogP contribution in [0, 0.1) is 10.8 Å². The van der Waals surface area contributed by atoms with Gasteiger partial charge < -0.3 is 9.53 Å². The van der Waals surface area contributed by atoms with Gasteiger partial charge in [0, 0.05) is 6.42 Å². The molecule has 0 amide bonds. The summed E-state index contributed by atoms with van der Waals surface area (Å²) in [7, 11) is 1.37. The standard InChI is InChI=1S/C11H20O3/c1-8(12)7-10(2,3)11(4,5)9(13)14-6/h7H2,1-6H3. The Bertz CT molecular complexity index is 239. The number of esters is 1. The van der Waals surface area contributed by atoms with Gasteiger partial charge in [-0.3, -0.25) is 4.79 Å². The van der Waals surface area contributed by atoms with E-state index >= 15 is 0 Å². The Kier molecular flexibility index (Phi) is 3.86. The summed E-state index contributed by atoms with van der Waals surface area (Å²) >= 11 is 0. The van der Waals surface area contributed by atoms with Gasteiger partial charge in [0.15, 0.2) is 0 Å². The van der Waals surface area contributed by atoms with Gasteiger partial charge in [0.25, 0.3) is 0 Å². The second-order valence-electron chi connectivity index (χ2n) is 4.88. The van der Waals surface area contributed by atoms with Gasteiger partial charge >= 0.3 is 5.97 Å². The first-order valence-corrected chi connectivity index (χ1v) is 4.73. The zero-order chi connectivity index (χ0) is 11.6. The van der Waals surface area contributed by atoms with Crippen LogP contribution in [-0.4, -0.2) is 18.9 Å². The second-order valence-corrected chi connectivity index (χ2v) is 4.88. The largest absolute Gasteiger partial charge is 0.469 e. The molecule has 82 valence electrons. The molecule has 0 atom stereocenters. The average molecular weight is 200 g/mol. The topological polar surface area (TPSA) is 43.4 Å². The molecule has 0 saturated heterocycles. The van der Waals surface area contributed by atoms with Crippen LogP contribution < -0.4 is 0 Å². The van der Waals surface area contributed by atoms with Crippen LogP contribution in [0.4, 0.5) is 0 Å². The molecular formula is C11H20O3. The Balaban J connectivity index is 4.86. The minimum absolute atomic E-state index is 0.0898. The predicted molar refractivity (Wildman–Crippen MR) is 54.9 cm³/mol. The molecule has 0 aromatic rings. The van der Waals surface area contributed by atoms with Gasteiger partial charge in [-0.05, 0) is 26.2 Å². The van der Waals surface area contributed by atoms with E-state index in [1.54, 1.807) is 0 Å². The quantitative estimate of drug-likeness (QED) is 0.653. The average Bonchev–Trinajstić information content (AvgIpc) is 2.00. The van der Waals surface area contributed by atoms with E-state index in [1.807, 2.05) is 27.7 Å². The molecule has 0 saturated carbocycles. The molecule has 0 spiro atoms. The summed E-state index contributed by atoms with van der Waals surface area (Å²) in [5, 5.41) is 0. The molecule has 0 radical (unpaired) electrons. The lowest BCUT2D eigenvalue weighted by Crippen LogP contribution is -2.41. The van der Waals surface area contributed by atoms with Gasteiger partial charge in [0.1, 0.15) is 5.78 Å². The molecule has 0 aliphatic carbocycles. The number of Topliss-reactive ketones (excluding diaryl/α,β-unsaturated/α-hetero) is 1. The van der Waals surface area contributed by atoms with E-state index in [-0.39, 0.29) is 17.2 Å². The SMILES string of the molecule is COC(=O)C(C)(C)C(C)(C)CC(C)=O. The van der Waals surface area contributed by atoms with E-state index in [4.69, 9.17) is 4.74 Å². The first-order chi connectivity index (χ1) is 6.15. The van der Waals surface area contributed by atoms with Crippen molar-refractivity contribution in [3.63, 3.8) is 0 Å². The normalized spacial score (nSPS) is 12.4. The maximum absolute atomic E-state index is 11.5. The fraction of sp³-hybridized carbons (Fsp3) is 0.818. The third kappa shape index (κ3) is 2.56. The van der Waals surface area contributed by atoms with Gasteiger partial charge in [-0.1, -0.05) is 13.8 Å². The lowest BCUT2D eigenvalue weighted by atomic mass is 9.65. The molecule has 0 bridgehead atoms. The van der Waals surface area contributed by atoms with Crippen LogP contribution >= 0.6 is 0 Å². The highest BCUT2D eigenvalue weighted by atomic mass is 16.5. The van der Waals surface area contributed by atoms with Crippen LogP contribution in [0.2, 0.25) is 0 Å². The Morgan fingerprint density at radius 3 is 1.86 bits per heavy atom. The van der Waals surface area contributed by atoms with Crippen molar-refractivity contribution in [2.75, 3.05) is 7.11 Å². The molecular weight excluding hydrogens is 180 g/mol. The van der Waals surface area contributed by atoms with Gasteiger partial charge in [0.2, 0.25) is 0 Å². The van der Waals surface area contributed by atoms with Crippen molar-refractivity contribution in [3.05, 3.63) is 0 Å². The monoisotopic (exact) mass is 200 g/mol. The molecule has 0 fully saturated rings. The fourth-order valence-electron chi connectivity index (χ4n) is 1.37.